The first kappa shape index (κ1) is 18.9. The number of anilines is 1. The van der Waals surface area contributed by atoms with E-state index in [1.165, 1.54) is 18.6 Å². The van der Waals surface area contributed by atoms with Crippen LogP contribution in [0.5, 0.6) is 0 Å². The maximum atomic E-state index is 12.4. The summed E-state index contributed by atoms with van der Waals surface area (Å²) in [7, 11) is -3.51. The van der Waals surface area contributed by atoms with Crippen LogP contribution >= 0.6 is 0 Å². The van der Waals surface area contributed by atoms with Gasteiger partial charge in [-0.2, -0.15) is 0 Å². The third-order valence-electron chi connectivity index (χ3n) is 4.14. The van der Waals surface area contributed by atoms with Crippen molar-refractivity contribution in [2.24, 2.45) is 0 Å². The molecular weight excluding hydrogens is 326 g/mol. The Balaban J connectivity index is 1.99. The van der Waals surface area contributed by atoms with Crippen LogP contribution in [0, 0.1) is 0 Å². The van der Waals surface area contributed by atoms with Gasteiger partial charge < -0.3 is 5.32 Å². The van der Waals surface area contributed by atoms with E-state index in [9.17, 15) is 13.2 Å². The highest BCUT2D eigenvalue weighted by molar-refractivity contribution is 7.89. The molecule has 0 saturated carbocycles. The summed E-state index contributed by atoms with van der Waals surface area (Å²) >= 11 is 0. The Morgan fingerprint density at radius 2 is 1.62 bits per heavy atom. The van der Waals surface area contributed by atoms with Crippen LogP contribution in [0.25, 0.3) is 0 Å². The molecule has 1 heterocycles. The molecule has 1 aliphatic heterocycles. The maximum absolute atomic E-state index is 12.4. The Hall–Kier alpha value is -1.44. The Bertz CT molecular complexity index is 650. The molecule has 134 valence electrons. The first-order valence-corrected chi connectivity index (χ1v) is 9.95. The lowest BCUT2D eigenvalue weighted by molar-refractivity contribution is -0.121. The summed E-state index contributed by atoms with van der Waals surface area (Å²) < 4.78 is 26.7. The van der Waals surface area contributed by atoms with Gasteiger partial charge in [-0.1, -0.05) is 6.42 Å². The van der Waals surface area contributed by atoms with Crippen LogP contribution < -0.4 is 10.0 Å². The van der Waals surface area contributed by atoms with E-state index in [0.717, 1.165) is 25.9 Å². The van der Waals surface area contributed by atoms with E-state index in [0.29, 0.717) is 5.69 Å². The van der Waals surface area contributed by atoms with Crippen LogP contribution in [0.3, 0.4) is 0 Å². The molecule has 0 unspecified atom stereocenters. The van der Waals surface area contributed by atoms with Crippen LogP contribution in [-0.4, -0.2) is 44.4 Å². The predicted octanol–water partition coefficient (Wildman–Crippen LogP) is 2.19. The molecular formula is C17H27N3O3S. The molecule has 1 aromatic rings. The number of nitrogens with one attached hydrogen (secondary N) is 2. The van der Waals surface area contributed by atoms with E-state index in [1.54, 1.807) is 26.0 Å². The fraction of sp³-hybridized carbons (Fsp3) is 0.588. The van der Waals surface area contributed by atoms with Crippen molar-refractivity contribution in [3.8, 4) is 0 Å². The Labute approximate surface area is 144 Å². The second-order valence-corrected chi connectivity index (χ2v) is 8.28. The Morgan fingerprint density at radius 1 is 1.04 bits per heavy atom. The normalized spacial score (nSPS) is 17.7. The van der Waals surface area contributed by atoms with Crippen molar-refractivity contribution < 1.29 is 13.2 Å². The molecule has 0 bridgehead atoms. The van der Waals surface area contributed by atoms with Crippen LogP contribution in [0.1, 0.15) is 40.0 Å². The second kappa shape index (κ2) is 8.09. The molecule has 1 aromatic carbocycles. The number of hydrogen-bond donors (Lipinski definition) is 2. The van der Waals surface area contributed by atoms with Gasteiger partial charge in [0.15, 0.2) is 0 Å². The minimum absolute atomic E-state index is 0.0622. The average Bonchev–Trinajstić information content (AvgIpc) is 2.54. The first-order chi connectivity index (χ1) is 11.3. The van der Waals surface area contributed by atoms with Crippen molar-refractivity contribution in [3.63, 3.8) is 0 Å². The fourth-order valence-electron chi connectivity index (χ4n) is 2.81. The number of likely N-dealkylation sites (tertiary alicyclic amines) is 1. The summed E-state index contributed by atoms with van der Waals surface area (Å²) in [6, 6.07) is 5.90. The van der Waals surface area contributed by atoms with E-state index < -0.39 is 10.0 Å². The van der Waals surface area contributed by atoms with Crippen molar-refractivity contribution in [2.75, 3.05) is 18.4 Å². The minimum atomic E-state index is -3.51. The molecule has 0 aliphatic carbocycles. The fourth-order valence-corrected chi connectivity index (χ4v) is 4.07. The molecule has 0 spiro atoms. The van der Waals surface area contributed by atoms with Gasteiger partial charge in [0.2, 0.25) is 15.9 Å². The highest BCUT2D eigenvalue weighted by atomic mass is 32.2. The van der Waals surface area contributed by atoms with Gasteiger partial charge in [0.25, 0.3) is 0 Å². The standard InChI is InChI=1S/C17H27N3O3S/c1-13(2)19-24(22,23)16-9-7-15(8-10-16)18-17(21)14(3)20-11-5-4-6-12-20/h7-10,13-14,19H,4-6,11-12H2,1-3H3,(H,18,21)/t14-/m1/s1. The topological polar surface area (TPSA) is 78.5 Å². The van der Waals surface area contributed by atoms with Gasteiger partial charge in [-0.3, -0.25) is 9.69 Å². The quantitative estimate of drug-likeness (QED) is 0.822. The highest BCUT2D eigenvalue weighted by Crippen LogP contribution is 2.17. The Morgan fingerprint density at radius 3 is 2.17 bits per heavy atom. The number of benzene rings is 1. The average molecular weight is 353 g/mol. The molecule has 0 aromatic heterocycles. The van der Waals surface area contributed by atoms with Crippen molar-refractivity contribution >= 4 is 21.6 Å². The van der Waals surface area contributed by atoms with Gasteiger partial charge in [0.05, 0.1) is 10.9 Å². The molecule has 1 atom stereocenters. The third-order valence-corrected chi connectivity index (χ3v) is 5.82. The van der Waals surface area contributed by atoms with Gasteiger partial charge in [-0.05, 0) is 71.0 Å². The molecule has 2 rings (SSSR count). The molecule has 24 heavy (non-hydrogen) atoms. The summed E-state index contributed by atoms with van der Waals surface area (Å²) in [5.74, 6) is -0.0622. The number of carbonyl (C=O) groups is 1. The van der Waals surface area contributed by atoms with E-state index in [1.807, 2.05) is 6.92 Å². The second-order valence-electron chi connectivity index (χ2n) is 6.56. The highest BCUT2D eigenvalue weighted by Gasteiger charge is 2.23. The predicted molar refractivity (Wildman–Crippen MR) is 95.4 cm³/mol. The number of carbonyl (C=O) groups excluding carboxylic acids is 1. The molecule has 0 radical (unpaired) electrons. The van der Waals surface area contributed by atoms with Crippen molar-refractivity contribution in [1.82, 2.24) is 9.62 Å². The van der Waals surface area contributed by atoms with Crippen molar-refractivity contribution in [3.05, 3.63) is 24.3 Å². The zero-order chi connectivity index (χ0) is 17.7. The van der Waals surface area contributed by atoms with Gasteiger partial charge in [-0.15, -0.1) is 0 Å². The van der Waals surface area contributed by atoms with Crippen LogP contribution in [-0.2, 0) is 14.8 Å². The third kappa shape index (κ3) is 5.03. The largest absolute Gasteiger partial charge is 0.325 e. The molecule has 1 aliphatic rings. The number of sulfonamides is 1. The smallest absolute Gasteiger partial charge is 0.241 e. The number of nitrogens with zero attached hydrogens (tertiary/aromatic N) is 1. The van der Waals surface area contributed by atoms with Crippen LogP contribution in [0.2, 0.25) is 0 Å². The van der Waals surface area contributed by atoms with E-state index in [-0.39, 0.29) is 22.9 Å². The molecule has 1 saturated heterocycles. The lowest BCUT2D eigenvalue weighted by Crippen LogP contribution is -2.44. The van der Waals surface area contributed by atoms with E-state index >= 15 is 0 Å². The lowest BCUT2D eigenvalue weighted by Gasteiger charge is -2.31. The van der Waals surface area contributed by atoms with E-state index in [4.69, 9.17) is 0 Å². The Kier molecular flexibility index (Phi) is 6.37. The number of hydrogen-bond acceptors (Lipinski definition) is 4. The summed E-state index contributed by atoms with van der Waals surface area (Å²) in [6.45, 7) is 7.35. The van der Waals surface area contributed by atoms with Gasteiger partial charge in [-0.25, -0.2) is 13.1 Å². The molecule has 6 nitrogen and oxygen atoms in total. The number of amides is 1. The van der Waals surface area contributed by atoms with E-state index in [2.05, 4.69) is 14.9 Å². The molecule has 7 heteroatoms. The maximum Gasteiger partial charge on any atom is 0.241 e. The monoisotopic (exact) mass is 353 g/mol. The van der Waals surface area contributed by atoms with Crippen LogP contribution in [0.4, 0.5) is 5.69 Å². The summed E-state index contributed by atoms with van der Waals surface area (Å²) in [6.07, 6.45) is 3.49. The van der Waals surface area contributed by atoms with Crippen molar-refractivity contribution in [1.29, 1.82) is 0 Å². The minimum Gasteiger partial charge on any atom is -0.325 e. The van der Waals surface area contributed by atoms with Gasteiger partial charge in [0, 0.05) is 11.7 Å². The summed E-state index contributed by atoms with van der Waals surface area (Å²) in [4.78, 5) is 14.7. The molecule has 1 amide bonds. The summed E-state index contributed by atoms with van der Waals surface area (Å²) in [5.41, 5.74) is 0.604. The van der Waals surface area contributed by atoms with Gasteiger partial charge in [0.1, 0.15) is 0 Å². The lowest BCUT2D eigenvalue weighted by atomic mass is 10.1. The SMILES string of the molecule is CC(C)NS(=O)(=O)c1ccc(NC(=O)[C@@H](C)N2CCCCC2)cc1. The zero-order valence-corrected chi connectivity index (χ0v) is 15.4. The first-order valence-electron chi connectivity index (χ1n) is 8.47. The van der Waals surface area contributed by atoms with Crippen LogP contribution in [0.15, 0.2) is 29.2 Å². The molecule has 1 fully saturated rings. The van der Waals surface area contributed by atoms with Crippen molar-refractivity contribution in [2.45, 2.75) is 57.0 Å². The number of piperidine rings is 1. The summed E-state index contributed by atoms with van der Waals surface area (Å²) in [5, 5.41) is 2.86. The number of rotatable bonds is 6. The zero-order valence-electron chi connectivity index (χ0n) is 14.6. The van der Waals surface area contributed by atoms with Gasteiger partial charge >= 0.3 is 0 Å². The molecule has 2 N–H and O–H groups in total.